The minimum Gasteiger partial charge on any atom is -0.497 e. The Kier molecular flexibility index (Phi) is 7.85. The molecule has 2 amide bonds. The average molecular weight is 548 g/mol. The molecule has 0 unspecified atom stereocenters. The van der Waals surface area contributed by atoms with Crippen LogP contribution in [0.4, 0.5) is 16.2 Å². The number of aliphatic hydroxyl groups is 2. The van der Waals surface area contributed by atoms with E-state index in [1.807, 2.05) is 43.3 Å². The number of cyclic esters (lactones) is 1. The third-order valence-electron chi connectivity index (χ3n) is 7.39. The standard InChI is InChI=1S/C29H33N5O6/c1-20(5-3-4-13-32-19-22(12-15-35)30-31-32)29(38)25-17-24(39-2)10-11-26(25)34(27(29)36)18-21-6-8-23(9-7-21)33-14-16-40-28(33)37/h3,5-11,17,19-20,35,38H,4,12-16,18H2,1-2H3/b5-3+/t20-,29+/m1/s1. The van der Waals surface area contributed by atoms with Crippen molar-refractivity contribution < 1.29 is 29.3 Å². The van der Waals surface area contributed by atoms with Crippen LogP contribution in [-0.4, -0.2) is 64.1 Å². The van der Waals surface area contributed by atoms with Crippen LogP contribution >= 0.6 is 0 Å². The maximum absolute atomic E-state index is 13.9. The fraction of sp³-hybridized carbons (Fsp3) is 0.379. The summed E-state index contributed by atoms with van der Waals surface area (Å²) in [7, 11) is 1.55. The van der Waals surface area contributed by atoms with Crippen molar-refractivity contribution in [2.24, 2.45) is 5.92 Å². The van der Waals surface area contributed by atoms with Gasteiger partial charge in [0.05, 0.1) is 31.6 Å². The zero-order valence-corrected chi connectivity index (χ0v) is 22.6. The number of ether oxygens (including phenoxy) is 2. The molecule has 40 heavy (non-hydrogen) atoms. The van der Waals surface area contributed by atoms with Crippen molar-refractivity contribution in [3.8, 4) is 5.75 Å². The molecule has 2 aromatic carbocycles. The highest BCUT2D eigenvalue weighted by molar-refractivity contribution is 6.07. The van der Waals surface area contributed by atoms with E-state index in [-0.39, 0.29) is 19.2 Å². The fourth-order valence-electron chi connectivity index (χ4n) is 5.13. The molecule has 2 atom stereocenters. The van der Waals surface area contributed by atoms with Crippen molar-refractivity contribution in [1.29, 1.82) is 0 Å². The number of hydrogen-bond donors (Lipinski definition) is 2. The Labute approximate surface area is 232 Å². The predicted octanol–water partition coefficient (Wildman–Crippen LogP) is 2.80. The summed E-state index contributed by atoms with van der Waals surface area (Å²) >= 11 is 0. The van der Waals surface area contributed by atoms with Gasteiger partial charge in [-0.3, -0.25) is 14.4 Å². The second kappa shape index (κ2) is 11.5. The van der Waals surface area contributed by atoms with E-state index in [1.165, 1.54) is 0 Å². The summed E-state index contributed by atoms with van der Waals surface area (Å²) in [5, 5.41) is 29.1. The summed E-state index contributed by atoms with van der Waals surface area (Å²) < 4.78 is 12.1. The van der Waals surface area contributed by atoms with E-state index >= 15 is 0 Å². The summed E-state index contributed by atoms with van der Waals surface area (Å²) in [6, 6.07) is 12.7. The molecular weight excluding hydrogens is 514 g/mol. The third-order valence-corrected chi connectivity index (χ3v) is 7.39. The topological polar surface area (TPSA) is 130 Å². The van der Waals surface area contributed by atoms with Gasteiger partial charge in [-0.15, -0.1) is 5.10 Å². The van der Waals surface area contributed by atoms with Crippen molar-refractivity contribution in [3.05, 3.63) is 77.6 Å². The highest BCUT2D eigenvalue weighted by Crippen LogP contribution is 2.47. The maximum Gasteiger partial charge on any atom is 0.414 e. The smallest absolute Gasteiger partial charge is 0.414 e. The van der Waals surface area contributed by atoms with Gasteiger partial charge in [0.15, 0.2) is 5.60 Å². The minimum absolute atomic E-state index is 0.0202. The van der Waals surface area contributed by atoms with E-state index in [4.69, 9.17) is 14.6 Å². The molecule has 11 nitrogen and oxygen atoms in total. The van der Waals surface area contributed by atoms with Crippen molar-refractivity contribution in [1.82, 2.24) is 15.0 Å². The molecule has 2 aliphatic heterocycles. The van der Waals surface area contributed by atoms with Crippen molar-refractivity contribution in [3.63, 3.8) is 0 Å². The summed E-state index contributed by atoms with van der Waals surface area (Å²) in [4.78, 5) is 28.9. The fourth-order valence-corrected chi connectivity index (χ4v) is 5.13. The Hall–Kier alpha value is -4.22. The van der Waals surface area contributed by atoms with Crippen LogP contribution in [0.15, 0.2) is 60.8 Å². The number of aliphatic hydroxyl groups excluding tert-OH is 1. The first-order valence-electron chi connectivity index (χ1n) is 13.3. The van der Waals surface area contributed by atoms with E-state index < -0.39 is 17.4 Å². The lowest BCUT2D eigenvalue weighted by Crippen LogP contribution is -2.44. The molecule has 1 aromatic heterocycles. The Bertz CT molecular complexity index is 1400. The van der Waals surface area contributed by atoms with Gasteiger partial charge < -0.3 is 24.6 Å². The average Bonchev–Trinajstić information content (AvgIpc) is 3.66. The number of amides is 2. The van der Waals surface area contributed by atoms with E-state index in [9.17, 15) is 14.7 Å². The summed E-state index contributed by atoms with van der Waals surface area (Å²) in [5.41, 5.74) is 1.66. The molecule has 0 aliphatic carbocycles. The summed E-state index contributed by atoms with van der Waals surface area (Å²) in [6.07, 6.45) is 6.28. The minimum atomic E-state index is -1.78. The van der Waals surface area contributed by atoms with Gasteiger partial charge in [0.1, 0.15) is 12.4 Å². The lowest BCUT2D eigenvalue weighted by atomic mass is 9.83. The molecule has 210 valence electrons. The Balaban J connectivity index is 1.33. The van der Waals surface area contributed by atoms with Crippen LogP contribution in [-0.2, 0) is 34.6 Å². The maximum atomic E-state index is 13.9. The molecule has 2 N–H and O–H groups in total. The number of fused-ring (bicyclic) bond motifs is 1. The number of methoxy groups -OCH3 is 1. The summed E-state index contributed by atoms with van der Waals surface area (Å²) in [5.74, 6) is -0.389. The Morgan fingerprint density at radius 2 is 2.00 bits per heavy atom. The van der Waals surface area contributed by atoms with E-state index in [0.29, 0.717) is 49.5 Å². The van der Waals surface area contributed by atoms with Gasteiger partial charge in [0, 0.05) is 42.9 Å². The molecule has 0 radical (unpaired) electrons. The van der Waals surface area contributed by atoms with Gasteiger partial charge in [0.2, 0.25) is 0 Å². The number of carbonyl (C=O) groups excluding carboxylic acids is 2. The van der Waals surface area contributed by atoms with Crippen LogP contribution in [0.25, 0.3) is 0 Å². The van der Waals surface area contributed by atoms with Gasteiger partial charge in [-0.05, 0) is 42.3 Å². The van der Waals surface area contributed by atoms with Crippen LogP contribution < -0.4 is 14.5 Å². The van der Waals surface area contributed by atoms with Crippen LogP contribution in [0.5, 0.6) is 5.75 Å². The van der Waals surface area contributed by atoms with Crippen molar-refractivity contribution >= 4 is 23.4 Å². The molecule has 1 fully saturated rings. The number of hydrogen-bond acceptors (Lipinski definition) is 8. The molecular formula is C29H33N5O6. The number of carbonyl (C=O) groups is 2. The number of aromatic nitrogens is 3. The second-order valence-electron chi connectivity index (χ2n) is 9.93. The third kappa shape index (κ3) is 5.17. The lowest BCUT2D eigenvalue weighted by molar-refractivity contribution is -0.139. The molecule has 0 spiro atoms. The lowest BCUT2D eigenvalue weighted by Gasteiger charge is -2.28. The van der Waals surface area contributed by atoms with Gasteiger partial charge in [-0.2, -0.15) is 0 Å². The highest BCUT2D eigenvalue weighted by atomic mass is 16.6. The number of allylic oxidation sites excluding steroid dienone is 1. The number of rotatable bonds is 11. The Morgan fingerprint density at radius 3 is 2.70 bits per heavy atom. The monoisotopic (exact) mass is 547 g/mol. The summed E-state index contributed by atoms with van der Waals surface area (Å²) in [6.45, 7) is 3.53. The SMILES string of the molecule is COc1ccc2c(c1)[C@@](O)([C@H](C)/C=C/CCn1cc(CCO)nn1)C(=O)N2Cc1ccc(N2CCOC2=O)cc1. The molecule has 1 saturated heterocycles. The van der Waals surface area contributed by atoms with Crippen molar-refractivity contribution in [2.75, 3.05) is 36.7 Å². The van der Waals surface area contributed by atoms with E-state index in [0.717, 1.165) is 16.9 Å². The number of benzene rings is 2. The molecule has 0 saturated carbocycles. The van der Waals surface area contributed by atoms with Crippen molar-refractivity contribution in [2.45, 2.75) is 38.5 Å². The normalized spacial score (nSPS) is 19.4. The molecule has 3 heterocycles. The quantitative estimate of drug-likeness (QED) is 0.351. The molecule has 2 aliphatic rings. The van der Waals surface area contributed by atoms with Crippen LogP contribution in [0.1, 0.15) is 30.2 Å². The first-order chi connectivity index (χ1) is 19.3. The molecule has 5 rings (SSSR count). The van der Waals surface area contributed by atoms with Crippen LogP contribution in [0.2, 0.25) is 0 Å². The highest BCUT2D eigenvalue weighted by Gasteiger charge is 2.52. The zero-order valence-electron chi connectivity index (χ0n) is 22.6. The number of nitrogens with zero attached hydrogens (tertiary/aromatic N) is 5. The largest absolute Gasteiger partial charge is 0.497 e. The molecule has 11 heteroatoms. The van der Waals surface area contributed by atoms with Gasteiger partial charge in [-0.1, -0.05) is 36.4 Å². The predicted molar refractivity (Wildman–Crippen MR) is 147 cm³/mol. The van der Waals surface area contributed by atoms with E-state index in [2.05, 4.69) is 10.3 Å². The molecule has 0 bridgehead atoms. The molecule has 3 aromatic rings. The van der Waals surface area contributed by atoms with E-state index in [1.54, 1.807) is 46.0 Å². The van der Waals surface area contributed by atoms with Crippen LogP contribution in [0, 0.1) is 5.92 Å². The Morgan fingerprint density at radius 1 is 1.20 bits per heavy atom. The van der Waals surface area contributed by atoms with Crippen LogP contribution in [0.3, 0.4) is 0 Å². The number of aryl methyl sites for hydroxylation is 1. The first kappa shape index (κ1) is 27.4. The van der Waals surface area contributed by atoms with Gasteiger partial charge in [-0.25, -0.2) is 4.79 Å². The van der Waals surface area contributed by atoms with Gasteiger partial charge >= 0.3 is 6.09 Å². The zero-order chi connectivity index (χ0) is 28.3. The van der Waals surface area contributed by atoms with Gasteiger partial charge in [0.25, 0.3) is 5.91 Å². The second-order valence-corrected chi connectivity index (χ2v) is 9.93. The number of anilines is 2. The first-order valence-corrected chi connectivity index (χ1v) is 13.3.